The summed E-state index contributed by atoms with van der Waals surface area (Å²) in [5.74, 6) is 1.40. The van der Waals surface area contributed by atoms with Crippen LogP contribution in [0.15, 0.2) is 42.5 Å². The second-order valence-electron chi connectivity index (χ2n) is 5.17. The molecule has 1 heterocycles. The van der Waals surface area contributed by atoms with Crippen LogP contribution in [0.5, 0.6) is 5.75 Å². The Morgan fingerprint density at radius 3 is 2.70 bits per heavy atom. The molecule has 1 aromatic heterocycles. The number of nitrogens with zero attached hydrogens (tertiary/aromatic N) is 2. The van der Waals surface area contributed by atoms with Crippen LogP contribution in [-0.2, 0) is 6.54 Å². The van der Waals surface area contributed by atoms with Gasteiger partial charge in [0, 0.05) is 24.0 Å². The number of para-hydroxylation sites is 1. The monoisotopic (exact) mass is 308 g/mol. The molecule has 0 unspecified atom stereocenters. The summed E-state index contributed by atoms with van der Waals surface area (Å²) in [4.78, 5) is 9.28. The Labute approximate surface area is 135 Å². The summed E-state index contributed by atoms with van der Waals surface area (Å²) in [6.07, 6.45) is 0. The number of hydrogen-bond acceptors (Lipinski definition) is 5. The summed E-state index contributed by atoms with van der Waals surface area (Å²) < 4.78 is 5.37. The smallest absolute Gasteiger partial charge is 0.223 e. The van der Waals surface area contributed by atoms with E-state index in [1.807, 2.05) is 49.4 Å². The number of nitrogens with one attached hydrogen (secondary N) is 1. The number of aromatic nitrogens is 2. The van der Waals surface area contributed by atoms with E-state index in [4.69, 9.17) is 15.5 Å². The van der Waals surface area contributed by atoms with Gasteiger partial charge in [-0.2, -0.15) is 0 Å². The number of methoxy groups -OCH3 is 1. The third-order valence-corrected chi connectivity index (χ3v) is 3.73. The fourth-order valence-electron chi connectivity index (χ4n) is 2.60. The zero-order valence-corrected chi connectivity index (χ0v) is 13.3. The first kappa shape index (κ1) is 15.2. The first-order valence-corrected chi connectivity index (χ1v) is 7.64. The average Bonchev–Trinajstić information content (AvgIpc) is 2.60. The predicted molar refractivity (Wildman–Crippen MR) is 93.6 cm³/mol. The first-order chi connectivity index (χ1) is 11.3. The van der Waals surface area contributed by atoms with Gasteiger partial charge in [-0.1, -0.05) is 24.3 Å². The molecular weight excluding hydrogens is 288 g/mol. The molecule has 0 spiro atoms. The molecule has 23 heavy (non-hydrogen) atoms. The number of hydrogen-bond donors (Lipinski definition) is 2. The maximum Gasteiger partial charge on any atom is 0.223 e. The maximum atomic E-state index is 5.92. The van der Waals surface area contributed by atoms with Gasteiger partial charge in [0.15, 0.2) is 0 Å². The number of rotatable bonds is 5. The van der Waals surface area contributed by atoms with Crippen molar-refractivity contribution in [1.82, 2.24) is 9.97 Å². The number of fused-ring (bicyclic) bond motifs is 1. The molecule has 5 heteroatoms. The number of nitrogens with two attached hydrogens (primary N) is 1. The van der Waals surface area contributed by atoms with Crippen LogP contribution in [0.4, 0.5) is 5.95 Å². The van der Waals surface area contributed by atoms with Crippen molar-refractivity contribution in [2.45, 2.75) is 13.5 Å². The van der Waals surface area contributed by atoms with E-state index < -0.39 is 0 Å². The second kappa shape index (κ2) is 6.62. The lowest BCUT2D eigenvalue weighted by Gasteiger charge is -2.13. The van der Waals surface area contributed by atoms with E-state index in [1.165, 1.54) is 0 Å². The minimum absolute atomic E-state index is 0.439. The molecule has 0 aliphatic rings. The van der Waals surface area contributed by atoms with Gasteiger partial charge >= 0.3 is 0 Å². The summed E-state index contributed by atoms with van der Waals surface area (Å²) in [6.45, 7) is 3.23. The normalized spacial score (nSPS) is 10.7. The van der Waals surface area contributed by atoms with E-state index in [0.29, 0.717) is 12.5 Å². The molecule has 5 nitrogen and oxygen atoms in total. The topological polar surface area (TPSA) is 73.1 Å². The fraction of sp³-hybridized carbons (Fsp3) is 0.222. The lowest BCUT2D eigenvalue weighted by atomic mass is 10.0. The predicted octanol–water partition coefficient (Wildman–Crippen LogP) is 3.20. The quantitative estimate of drug-likeness (QED) is 0.757. The van der Waals surface area contributed by atoms with Gasteiger partial charge in [-0.15, -0.1) is 0 Å². The van der Waals surface area contributed by atoms with Gasteiger partial charge < -0.3 is 15.8 Å². The Kier molecular flexibility index (Phi) is 4.39. The molecule has 0 bridgehead atoms. The molecule has 0 atom stereocenters. The van der Waals surface area contributed by atoms with E-state index in [2.05, 4.69) is 10.3 Å². The average molecular weight is 308 g/mol. The number of benzene rings is 2. The molecule has 0 aliphatic carbocycles. The third-order valence-electron chi connectivity index (χ3n) is 3.73. The largest absolute Gasteiger partial charge is 0.497 e. The molecule has 0 aliphatic heterocycles. The standard InChI is InChI=1S/C18H20N4O/c1-3-20-18-21-16-7-5-4-6-14(16)17(22-18)15-10-13(23-2)9-8-12(15)11-19/h4-10H,3,11,19H2,1-2H3,(H,20,21,22). The van der Waals surface area contributed by atoms with Gasteiger partial charge in [-0.05, 0) is 30.7 Å². The zero-order chi connectivity index (χ0) is 16.2. The summed E-state index contributed by atoms with van der Waals surface area (Å²) in [6, 6.07) is 13.9. The zero-order valence-electron chi connectivity index (χ0n) is 13.3. The Hall–Kier alpha value is -2.66. The second-order valence-corrected chi connectivity index (χ2v) is 5.17. The van der Waals surface area contributed by atoms with E-state index in [9.17, 15) is 0 Å². The van der Waals surface area contributed by atoms with E-state index in [-0.39, 0.29) is 0 Å². The lowest BCUT2D eigenvalue weighted by molar-refractivity contribution is 0.415. The number of anilines is 1. The molecule has 118 valence electrons. The van der Waals surface area contributed by atoms with Crippen LogP contribution in [0.1, 0.15) is 12.5 Å². The molecule has 0 radical (unpaired) electrons. The Morgan fingerprint density at radius 1 is 1.13 bits per heavy atom. The van der Waals surface area contributed by atoms with Gasteiger partial charge in [-0.3, -0.25) is 0 Å². The minimum Gasteiger partial charge on any atom is -0.497 e. The minimum atomic E-state index is 0.439. The van der Waals surface area contributed by atoms with Crippen LogP contribution in [-0.4, -0.2) is 23.6 Å². The maximum absolute atomic E-state index is 5.92. The van der Waals surface area contributed by atoms with Crippen LogP contribution in [0.25, 0.3) is 22.2 Å². The lowest BCUT2D eigenvalue weighted by Crippen LogP contribution is -2.05. The van der Waals surface area contributed by atoms with Crippen LogP contribution in [0.2, 0.25) is 0 Å². The number of ether oxygens (including phenoxy) is 1. The van der Waals surface area contributed by atoms with Gasteiger partial charge in [0.1, 0.15) is 5.75 Å². The van der Waals surface area contributed by atoms with Crippen LogP contribution in [0.3, 0.4) is 0 Å². The highest BCUT2D eigenvalue weighted by Crippen LogP contribution is 2.32. The summed E-state index contributed by atoms with van der Waals surface area (Å²) >= 11 is 0. The Morgan fingerprint density at radius 2 is 1.96 bits per heavy atom. The van der Waals surface area contributed by atoms with Crippen molar-refractivity contribution in [3.63, 3.8) is 0 Å². The molecular formula is C18H20N4O. The van der Waals surface area contributed by atoms with Crippen molar-refractivity contribution >= 4 is 16.9 Å². The highest BCUT2D eigenvalue weighted by molar-refractivity contribution is 5.94. The summed E-state index contributed by atoms with van der Waals surface area (Å²) in [5.41, 5.74) is 9.69. The molecule has 3 N–H and O–H groups in total. The summed E-state index contributed by atoms with van der Waals surface area (Å²) in [5, 5.41) is 4.19. The molecule has 0 saturated carbocycles. The fourth-order valence-corrected chi connectivity index (χ4v) is 2.60. The summed E-state index contributed by atoms with van der Waals surface area (Å²) in [7, 11) is 1.66. The molecule has 0 fully saturated rings. The van der Waals surface area contributed by atoms with Gasteiger partial charge in [0.25, 0.3) is 0 Å². The van der Waals surface area contributed by atoms with E-state index in [0.717, 1.165) is 40.0 Å². The molecule has 0 amide bonds. The SMILES string of the molecule is CCNc1nc(-c2cc(OC)ccc2CN)c2ccccc2n1. The van der Waals surface area contributed by atoms with Crippen LogP contribution < -0.4 is 15.8 Å². The van der Waals surface area contributed by atoms with Crippen LogP contribution >= 0.6 is 0 Å². The van der Waals surface area contributed by atoms with Gasteiger partial charge in [-0.25, -0.2) is 9.97 Å². The van der Waals surface area contributed by atoms with Crippen molar-refractivity contribution in [2.75, 3.05) is 19.0 Å². The van der Waals surface area contributed by atoms with Gasteiger partial charge in [0.2, 0.25) is 5.95 Å². The van der Waals surface area contributed by atoms with Crippen molar-refractivity contribution in [3.8, 4) is 17.0 Å². The van der Waals surface area contributed by atoms with Crippen molar-refractivity contribution in [3.05, 3.63) is 48.0 Å². The molecule has 3 aromatic rings. The van der Waals surface area contributed by atoms with Gasteiger partial charge in [0.05, 0.1) is 18.3 Å². The van der Waals surface area contributed by atoms with E-state index in [1.54, 1.807) is 7.11 Å². The Bertz CT molecular complexity index is 832. The van der Waals surface area contributed by atoms with Crippen molar-refractivity contribution in [1.29, 1.82) is 0 Å². The third kappa shape index (κ3) is 2.96. The highest BCUT2D eigenvalue weighted by Gasteiger charge is 2.13. The highest BCUT2D eigenvalue weighted by atomic mass is 16.5. The van der Waals surface area contributed by atoms with E-state index >= 15 is 0 Å². The molecule has 0 saturated heterocycles. The molecule has 2 aromatic carbocycles. The van der Waals surface area contributed by atoms with Crippen molar-refractivity contribution in [2.24, 2.45) is 5.73 Å². The Balaban J connectivity index is 2.30. The van der Waals surface area contributed by atoms with Crippen molar-refractivity contribution < 1.29 is 4.74 Å². The van der Waals surface area contributed by atoms with Crippen LogP contribution in [0, 0.1) is 0 Å². The first-order valence-electron chi connectivity index (χ1n) is 7.64. The molecule has 3 rings (SSSR count).